The van der Waals surface area contributed by atoms with E-state index in [9.17, 15) is 18.4 Å². The molecular weight excluding hydrogens is 270 g/mol. The third-order valence-corrected chi connectivity index (χ3v) is 3.36. The van der Waals surface area contributed by atoms with Crippen LogP contribution in [0, 0.1) is 0 Å². The lowest BCUT2D eigenvalue weighted by Crippen LogP contribution is -2.44. The van der Waals surface area contributed by atoms with Gasteiger partial charge in [-0.05, 0) is 19.4 Å². The Balaban J connectivity index is 2.24. The summed E-state index contributed by atoms with van der Waals surface area (Å²) in [7, 11) is 1.36. The molecule has 1 aromatic rings. The van der Waals surface area contributed by atoms with E-state index in [1.165, 1.54) is 11.9 Å². The molecule has 1 N–H and O–H groups in total. The van der Waals surface area contributed by atoms with E-state index in [1.54, 1.807) is 6.92 Å². The van der Waals surface area contributed by atoms with Crippen molar-refractivity contribution in [3.8, 4) is 0 Å². The minimum atomic E-state index is -2.70. The van der Waals surface area contributed by atoms with Gasteiger partial charge in [0.05, 0.1) is 0 Å². The number of nitrogens with one attached hydrogen (secondary N) is 1. The van der Waals surface area contributed by atoms with Crippen LogP contribution in [-0.2, 0) is 11.8 Å². The topological polar surface area (TPSA) is 67.2 Å². The Kier molecular flexibility index (Phi) is 4.01. The van der Waals surface area contributed by atoms with Gasteiger partial charge < -0.3 is 10.2 Å². The van der Waals surface area contributed by atoms with Crippen molar-refractivity contribution in [1.82, 2.24) is 20.0 Å². The largest absolute Gasteiger partial charge is 0.354 e. The number of alkyl halides is 2. The monoisotopic (exact) mass is 286 g/mol. The molecule has 1 aromatic heterocycles. The Morgan fingerprint density at radius 2 is 2.35 bits per heavy atom. The molecule has 0 bridgehead atoms. The number of rotatable bonds is 4. The molecule has 0 aromatic carbocycles. The zero-order valence-corrected chi connectivity index (χ0v) is 11.3. The van der Waals surface area contributed by atoms with Gasteiger partial charge in [0, 0.05) is 20.1 Å². The molecule has 1 saturated heterocycles. The molecule has 1 unspecified atom stereocenters. The maximum absolute atomic E-state index is 12.7. The van der Waals surface area contributed by atoms with Gasteiger partial charge in [-0.2, -0.15) is 5.10 Å². The summed E-state index contributed by atoms with van der Waals surface area (Å²) in [6, 6.07) is 0.521. The van der Waals surface area contributed by atoms with Gasteiger partial charge in [-0.1, -0.05) is 0 Å². The molecule has 1 atom stereocenters. The average Bonchev–Trinajstić information content (AvgIpc) is 2.97. The molecule has 20 heavy (non-hydrogen) atoms. The number of carbonyl (C=O) groups is 2. The summed E-state index contributed by atoms with van der Waals surface area (Å²) in [5.41, 5.74) is -0.385. The van der Waals surface area contributed by atoms with Gasteiger partial charge in [-0.15, -0.1) is 0 Å². The van der Waals surface area contributed by atoms with Gasteiger partial charge in [0.15, 0.2) is 5.69 Å². The summed E-state index contributed by atoms with van der Waals surface area (Å²) in [6.07, 6.45) is -2.17. The number of nitrogens with zero attached hydrogens (tertiary/aromatic N) is 3. The lowest BCUT2D eigenvalue weighted by atomic mass is 10.2. The molecule has 0 saturated carbocycles. The highest BCUT2D eigenvalue weighted by Gasteiger charge is 2.34. The zero-order chi connectivity index (χ0) is 14.9. The first-order valence-corrected chi connectivity index (χ1v) is 6.36. The van der Waals surface area contributed by atoms with Crippen molar-refractivity contribution in [1.29, 1.82) is 0 Å². The van der Waals surface area contributed by atoms with Crippen LogP contribution in [0.4, 0.5) is 8.78 Å². The normalized spacial score (nSPS) is 18.4. The van der Waals surface area contributed by atoms with Crippen LogP contribution in [0.15, 0.2) is 6.07 Å². The molecule has 2 amide bonds. The van der Waals surface area contributed by atoms with Crippen LogP contribution >= 0.6 is 0 Å². The molecular formula is C12H16F2N4O2. The first kappa shape index (κ1) is 14.4. The highest BCUT2D eigenvalue weighted by Crippen LogP contribution is 2.20. The third kappa shape index (κ3) is 2.50. The van der Waals surface area contributed by atoms with E-state index in [4.69, 9.17) is 0 Å². The standard InChI is InChI=1S/C12H16F2N4O2/c1-3-18(8-4-5-15-11(8)19)12(20)7-6-9(10(13)14)17(2)16-7/h6,8,10H,3-5H2,1-2H3,(H,15,19). The highest BCUT2D eigenvalue weighted by atomic mass is 19.3. The molecule has 1 fully saturated rings. The lowest BCUT2D eigenvalue weighted by Gasteiger charge is -2.24. The summed E-state index contributed by atoms with van der Waals surface area (Å²) in [5.74, 6) is -0.720. The van der Waals surface area contributed by atoms with E-state index in [1.807, 2.05) is 0 Å². The molecule has 0 aliphatic carbocycles. The van der Waals surface area contributed by atoms with Crippen molar-refractivity contribution in [3.05, 3.63) is 17.5 Å². The number of hydrogen-bond donors (Lipinski definition) is 1. The second kappa shape index (κ2) is 5.56. The fourth-order valence-electron chi connectivity index (χ4n) is 2.32. The second-order valence-electron chi connectivity index (χ2n) is 4.57. The van der Waals surface area contributed by atoms with Crippen molar-refractivity contribution in [3.63, 3.8) is 0 Å². The second-order valence-corrected chi connectivity index (χ2v) is 4.57. The van der Waals surface area contributed by atoms with Crippen LogP contribution in [0.3, 0.4) is 0 Å². The Labute approximate surface area is 114 Å². The first-order valence-electron chi connectivity index (χ1n) is 6.36. The van der Waals surface area contributed by atoms with Crippen molar-refractivity contribution < 1.29 is 18.4 Å². The fraction of sp³-hybridized carbons (Fsp3) is 0.583. The Bertz CT molecular complexity index is 530. The van der Waals surface area contributed by atoms with Crippen LogP contribution in [-0.4, -0.2) is 45.6 Å². The van der Waals surface area contributed by atoms with E-state index >= 15 is 0 Å². The van der Waals surface area contributed by atoms with Crippen LogP contribution in [0.25, 0.3) is 0 Å². The highest BCUT2D eigenvalue weighted by molar-refractivity contribution is 5.96. The Morgan fingerprint density at radius 1 is 1.65 bits per heavy atom. The smallest absolute Gasteiger partial charge is 0.280 e. The maximum Gasteiger partial charge on any atom is 0.280 e. The van der Waals surface area contributed by atoms with Crippen LogP contribution < -0.4 is 5.32 Å². The van der Waals surface area contributed by atoms with Gasteiger partial charge in [0.25, 0.3) is 12.3 Å². The summed E-state index contributed by atoms with van der Waals surface area (Å²) in [4.78, 5) is 25.3. The predicted octanol–water partition coefficient (Wildman–Crippen LogP) is 0.708. The van der Waals surface area contributed by atoms with Crippen molar-refractivity contribution in [2.45, 2.75) is 25.8 Å². The van der Waals surface area contributed by atoms with Crippen molar-refractivity contribution in [2.24, 2.45) is 7.05 Å². The minimum Gasteiger partial charge on any atom is -0.354 e. The van der Waals surface area contributed by atoms with Crippen molar-refractivity contribution >= 4 is 11.8 Å². The van der Waals surface area contributed by atoms with E-state index in [2.05, 4.69) is 10.4 Å². The molecule has 1 aliphatic rings. The molecule has 0 radical (unpaired) electrons. The molecule has 6 nitrogen and oxygen atoms in total. The average molecular weight is 286 g/mol. The number of amides is 2. The Hall–Kier alpha value is -1.99. The first-order chi connectivity index (χ1) is 9.45. The van der Waals surface area contributed by atoms with Crippen LogP contribution in [0.5, 0.6) is 0 Å². The number of hydrogen-bond acceptors (Lipinski definition) is 3. The summed E-state index contributed by atoms with van der Waals surface area (Å²) in [6.45, 7) is 2.57. The van der Waals surface area contributed by atoms with Gasteiger partial charge >= 0.3 is 0 Å². The molecule has 2 rings (SSSR count). The SMILES string of the molecule is CCN(C(=O)c1cc(C(F)F)n(C)n1)C1CCNC1=O. The number of carbonyl (C=O) groups excluding carboxylic acids is 2. The van der Waals surface area contributed by atoms with Crippen LogP contribution in [0.2, 0.25) is 0 Å². The molecule has 8 heteroatoms. The van der Waals surface area contributed by atoms with E-state index in [0.29, 0.717) is 19.5 Å². The molecule has 2 heterocycles. The molecule has 1 aliphatic heterocycles. The summed E-state index contributed by atoms with van der Waals surface area (Å²) < 4.78 is 26.4. The molecule has 110 valence electrons. The molecule has 0 spiro atoms. The summed E-state index contributed by atoms with van der Waals surface area (Å²) >= 11 is 0. The number of aromatic nitrogens is 2. The van der Waals surface area contributed by atoms with Gasteiger partial charge in [-0.3, -0.25) is 14.3 Å². The lowest BCUT2D eigenvalue weighted by molar-refractivity contribution is -0.123. The van der Waals surface area contributed by atoms with Crippen molar-refractivity contribution in [2.75, 3.05) is 13.1 Å². The summed E-state index contributed by atoms with van der Waals surface area (Å²) in [5, 5.41) is 6.46. The number of aryl methyl sites for hydroxylation is 1. The Morgan fingerprint density at radius 3 is 2.80 bits per heavy atom. The zero-order valence-electron chi connectivity index (χ0n) is 11.3. The fourth-order valence-corrected chi connectivity index (χ4v) is 2.32. The maximum atomic E-state index is 12.7. The predicted molar refractivity (Wildman–Crippen MR) is 66.3 cm³/mol. The minimum absolute atomic E-state index is 0.0654. The van der Waals surface area contributed by atoms with E-state index in [0.717, 1.165) is 10.7 Å². The van der Waals surface area contributed by atoms with Gasteiger partial charge in [0.1, 0.15) is 11.7 Å². The van der Waals surface area contributed by atoms with Gasteiger partial charge in [0.2, 0.25) is 5.91 Å². The number of likely N-dealkylation sites (N-methyl/N-ethyl adjacent to an activating group) is 1. The van der Waals surface area contributed by atoms with E-state index < -0.39 is 18.4 Å². The van der Waals surface area contributed by atoms with Gasteiger partial charge in [-0.25, -0.2) is 8.78 Å². The number of halogens is 2. The van der Waals surface area contributed by atoms with E-state index in [-0.39, 0.29) is 17.3 Å². The third-order valence-electron chi connectivity index (χ3n) is 3.36. The van der Waals surface area contributed by atoms with Crippen LogP contribution in [0.1, 0.15) is 36.0 Å². The quantitative estimate of drug-likeness (QED) is 0.886.